The van der Waals surface area contributed by atoms with E-state index in [0.717, 1.165) is 31.9 Å². The van der Waals surface area contributed by atoms with Crippen LogP contribution in [0.15, 0.2) is 23.3 Å². The predicted molar refractivity (Wildman–Crippen MR) is 122 cm³/mol. The Bertz CT molecular complexity index is 719. The molecule has 0 spiro atoms. The molecular weight excluding hydrogens is 503 g/mol. The van der Waals surface area contributed by atoms with Crippen molar-refractivity contribution >= 4 is 57.4 Å². The number of nitrogens with one attached hydrogen (secondary N) is 3. The zero-order valence-corrected chi connectivity index (χ0v) is 19.5. The molecule has 0 bridgehead atoms. The summed E-state index contributed by atoms with van der Waals surface area (Å²) in [5.41, 5.74) is 0. The van der Waals surface area contributed by atoms with Gasteiger partial charge >= 0.3 is 0 Å². The number of hydrogen-bond acceptors (Lipinski definition) is 5. The summed E-state index contributed by atoms with van der Waals surface area (Å²) in [6, 6.07) is 3.88. The standard InChI is InChI=1S/C16H27ClN6O2S.HI/c1-3-18-16(20-9-10-21-26(24,25)4-2)22-13-7-11-23(12-13)15-14(17)6-5-8-19-15;/h5-6,8,13,21H,3-4,7,9-12H2,1-2H3,(H2,18,20,22);1H. The molecule has 2 heterocycles. The maximum Gasteiger partial charge on any atom is 0.211 e. The van der Waals surface area contributed by atoms with E-state index < -0.39 is 10.0 Å². The van der Waals surface area contributed by atoms with E-state index in [4.69, 9.17) is 11.6 Å². The SMILES string of the molecule is CCNC(=NCCNS(=O)(=O)CC)NC1CCN(c2ncccc2Cl)C1.I. The molecule has 0 saturated carbocycles. The van der Waals surface area contributed by atoms with Gasteiger partial charge in [0.15, 0.2) is 5.96 Å². The predicted octanol–water partition coefficient (Wildman–Crippen LogP) is 1.43. The summed E-state index contributed by atoms with van der Waals surface area (Å²) in [5, 5.41) is 7.24. The summed E-state index contributed by atoms with van der Waals surface area (Å²) < 4.78 is 25.4. The molecule has 0 amide bonds. The Hall–Kier alpha value is -0.850. The molecule has 27 heavy (non-hydrogen) atoms. The van der Waals surface area contributed by atoms with E-state index in [2.05, 4.69) is 30.2 Å². The first-order valence-electron chi connectivity index (χ1n) is 8.82. The van der Waals surface area contributed by atoms with Crippen molar-refractivity contribution in [3.8, 4) is 0 Å². The van der Waals surface area contributed by atoms with Crippen LogP contribution < -0.4 is 20.3 Å². The minimum Gasteiger partial charge on any atom is -0.357 e. The summed E-state index contributed by atoms with van der Waals surface area (Å²) in [5.74, 6) is 1.56. The van der Waals surface area contributed by atoms with Crippen LogP contribution in [0.25, 0.3) is 0 Å². The number of sulfonamides is 1. The molecule has 1 aromatic rings. The number of anilines is 1. The minimum absolute atomic E-state index is 0. The summed E-state index contributed by atoms with van der Waals surface area (Å²) in [4.78, 5) is 10.9. The Morgan fingerprint density at radius 2 is 2.22 bits per heavy atom. The lowest BCUT2D eigenvalue weighted by atomic mass is 10.3. The molecule has 8 nitrogen and oxygen atoms in total. The number of nitrogens with zero attached hydrogens (tertiary/aromatic N) is 3. The Kier molecular flexibility index (Phi) is 10.6. The van der Waals surface area contributed by atoms with Crippen LogP contribution in [0.5, 0.6) is 0 Å². The number of aliphatic imine (C=N–C) groups is 1. The normalized spacial score (nSPS) is 17.5. The molecule has 1 unspecified atom stereocenters. The largest absolute Gasteiger partial charge is 0.357 e. The van der Waals surface area contributed by atoms with Crippen LogP contribution in [0.2, 0.25) is 5.02 Å². The molecule has 0 aromatic carbocycles. The first kappa shape index (κ1) is 24.2. The lowest BCUT2D eigenvalue weighted by molar-refractivity contribution is 0.583. The number of aromatic nitrogens is 1. The lowest BCUT2D eigenvalue weighted by Gasteiger charge is -2.20. The quantitative estimate of drug-likeness (QED) is 0.204. The number of guanidine groups is 1. The highest BCUT2D eigenvalue weighted by atomic mass is 127. The number of pyridine rings is 1. The summed E-state index contributed by atoms with van der Waals surface area (Å²) >= 11 is 6.22. The topological polar surface area (TPSA) is 98.7 Å². The molecule has 1 atom stereocenters. The molecule has 154 valence electrons. The average molecular weight is 531 g/mol. The van der Waals surface area contributed by atoms with Gasteiger partial charge in [-0.25, -0.2) is 18.1 Å². The number of halogens is 2. The van der Waals surface area contributed by atoms with Crippen LogP contribution in [0.3, 0.4) is 0 Å². The molecule has 0 aliphatic carbocycles. The molecule has 11 heteroatoms. The van der Waals surface area contributed by atoms with Crippen molar-refractivity contribution in [3.63, 3.8) is 0 Å². The maximum absolute atomic E-state index is 11.4. The molecule has 0 radical (unpaired) electrons. The van der Waals surface area contributed by atoms with E-state index in [0.29, 0.717) is 17.5 Å². The van der Waals surface area contributed by atoms with E-state index in [-0.39, 0.29) is 42.3 Å². The minimum atomic E-state index is -3.18. The molecule has 3 N–H and O–H groups in total. The van der Waals surface area contributed by atoms with Crippen molar-refractivity contribution < 1.29 is 8.42 Å². The van der Waals surface area contributed by atoms with Crippen molar-refractivity contribution in [1.82, 2.24) is 20.3 Å². The fraction of sp³-hybridized carbons (Fsp3) is 0.625. The Labute approximate surface area is 183 Å². The summed E-state index contributed by atoms with van der Waals surface area (Å²) in [6.45, 7) is 6.63. The summed E-state index contributed by atoms with van der Waals surface area (Å²) in [7, 11) is -3.18. The fourth-order valence-corrected chi connectivity index (χ4v) is 3.51. The van der Waals surface area contributed by atoms with Gasteiger partial charge in [0.1, 0.15) is 5.82 Å². The van der Waals surface area contributed by atoms with Gasteiger partial charge < -0.3 is 15.5 Å². The van der Waals surface area contributed by atoms with E-state index in [1.165, 1.54) is 0 Å². The number of rotatable bonds is 8. The van der Waals surface area contributed by atoms with E-state index in [1.54, 1.807) is 13.1 Å². The Balaban J connectivity index is 0.00000364. The van der Waals surface area contributed by atoms with Gasteiger partial charge in [0, 0.05) is 38.4 Å². The van der Waals surface area contributed by atoms with Crippen molar-refractivity contribution in [3.05, 3.63) is 23.4 Å². The Morgan fingerprint density at radius 3 is 2.89 bits per heavy atom. The summed E-state index contributed by atoms with van der Waals surface area (Å²) in [6.07, 6.45) is 2.69. The molecule has 1 fully saturated rings. The van der Waals surface area contributed by atoms with Crippen molar-refractivity contribution in [2.24, 2.45) is 4.99 Å². The fourth-order valence-electron chi connectivity index (χ4n) is 2.66. The maximum atomic E-state index is 11.4. The second kappa shape index (κ2) is 11.9. The zero-order chi connectivity index (χ0) is 19.0. The van der Waals surface area contributed by atoms with Crippen LogP contribution in [0.4, 0.5) is 5.82 Å². The van der Waals surface area contributed by atoms with Gasteiger partial charge in [-0.3, -0.25) is 4.99 Å². The third-order valence-electron chi connectivity index (χ3n) is 4.00. The van der Waals surface area contributed by atoms with E-state index in [9.17, 15) is 8.42 Å². The average Bonchev–Trinajstić information content (AvgIpc) is 3.07. The highest BCUT2D eigenvalue weighted by Crippen LogP contribution is 2.25. The van der Waals surface area contributed by atoms with E-state index >= 15 is 0 Å². The lowest BCUT2D eigenvalue weighted by Crippen LogP contribution is -2.45. The highest BCUT2D eigenvalue weighted by molar-refractivity contribution is 14.0. The van der Waals surface area contributed by atoms with Crippen LogP contribution in [0, 0.1) is 0 Å². The molecule has 1 aliphatic rings. The number of hydrogen-bond donors (Lipinski definition) is 3. The monoisotopic (exact) mass is 530 g/mol. The first-order valence-corrected chi connectivity index (χ1v) is 10.9. The van der Waals surface area contributed by atoms with Crippen LogP contribution >= 0.6 is 35.6 Å². The molecule has 1 aromatic heterocycles. The molecule has 1 aliphatic heterocycles. The highest BCUT2D eigenvalue weighted by Gasteiger charge is 2.25. The van der Waals surface area contributed by atoms with Gasteiger partial charge in [0.2, 0.25) is 10.0 Å². The van der Waals surface area contributed by atoms with Gasteiger partial charge in [-0.15, -0.1) is 24.0 Å². The smallest absolute Gasteiger partial charge is 0.211 e. The van der Waals surface area contributed by atoms with Crippen molar-refractivity contribution in [2.45, 2.75) is 26.3 Å². The van der Waals surface area contributed by atoms with Crippen LogP contribution in [-0.2, 0) is 10.0 Å². The van der Waals surface area contributed by atoms with Gasteiger partial charge in [-0.05, 0) is 32.4 Å². The van der Waals surface area contributed by atoms with E-state index in [1.807, 2.05) is 19.1 Å². The van der Waals surface area contributed by atoms with Crippen LogP contribution in [-0.4, -0.2) is 63.9 Å². The molecular formula is C16H28ClIN6O2S. The van der Waals surface area contributed by atoms with Crippen molar-refractivity contribution in [2.75, 3.05) is 43.4 Å². The Morgan fingerprint density at radius 1 is 1.44 bits per heavy atom. The van der Waals surface area contributed by atoms with Gasteiger partial charge in [0.05, 0.1) is 17.3 Å². The van der Waals surface area contributed by atoms with Crippen molar-refractivity contribution in [1.29, 1.82) is 0 Å². The first-order chi connectivity index (χ1) is 12.4. The second-order valence-electron chi connectivity index (χ2n) is 5.94. The van der Waals surface area contributed by atoms with Gasteiger partial charge in [-0.2, -0.15) is 0 Å². The van der Waals surface area contributed by atoms with Gasteiger partial charge in [-0.1, -0.05) is 11.6 Å². The molecule has 1 saturated heterocycles. The zero-order valence-electron chi connectivity index (χ0n) is 15.6. The molecule has 2 rings (SSSR count). The van der Waals surface area contributed by atoms with Crippen LogP contribution in [0.1, 0.15) is 20.3 Å². The van der Waals surface area contributed by atoms with Gasteiger partial charge in [0.25, 0.3) is 0 Å². The third kappa shape index (κ3) is 7.96. The second-order valence-corrected chi connectivity index (χ2v) is 8.45. The third-order valence-corrected chi connectivity index (χ3v) is 5.69.